The number of benzene rings is 2. The molecule has 0 bridgehead atoms. The van der Waals surface area contributed by atoms with Crippen molar-refractivity contribution < 1.29 is 18.8 Å². The largest absolute Gasteiger partial charge is 0.351 e. The molecule has 9 heteroatoms. The van der Waals surface area contributed by atoms with E-state index in [1.54, 1.807) is 35.4 Å². The smallest absolute Gasteiger partial charge is 0.323 e. The molecule has 3 atom stereocenters. The molecule has 2 heterocycles. The van der Waals surface area contributed by atoms with Crippen molar-refractivity contribution >= 4 is 40.3 Å². The Labute approximate surface area is 194 Å². The minimum atomic E-state index is -0.626. The zero-order valence-corrected chi connectivity index (χ0v) is 18.4. The van der Waals surface area contributed by atoms with E-state index in [-0.39, 0.29) is 41.4 Å². The van der Waals surface area contributed by atoms with Gasteiger partial charge in [0.25, 0.3) is 0 Å². The van der Waals surface area contributed by atoms with Crippen LogP contribution in [0.2, 0.25) is 5.02 Å². The summed E-state index contributed by atoms with van der Waals surface area (Å²) in [7, 11) is 0. The molecule has 33 heavy (non-hydrogen) atoms. The summed E-state index contributed by atoms with van der Waals surface area (Å²) in [6.07, 6.45) is 3.10. The number of nitrogens with two attached hydrogens (primary N) is 1. The fraction of sp³-hybridized carbons (Fsp3) is 0.292. The molecular formula is C24H22ClFN4O3. The maximum Gasteiger partial charge on any atom is 0.323 e. The molecule has 2 aromatic carbocycles. The Hall–Kier alpha value is -3.39. The number of aromatic nitrogens is 1. The molecule has 0 radical (unpaired) electrons. The van der Waals surface area contributed by atoms with Crippen molar-refractivity contribution in [3.63, 3.8) is 0 Å². The van der Waals surface area contributed by atoms with Crippen LogP contribution >= 0.6 is 11.6 Å². The molecule has 3 aromatic rings. The molecule has 3 amide bonds. The lowest BCUT2D eigenvalue weighted by Crippen LogP contribution is -2.48. The highest BCUT2D eigenvalue weighted by molar-refractivity contribution is 6.30. The summed E-state index contributed by atoms with van der Waals surface area (Å²) in [5, 5.41) is 3.52. The average Bonchev–Trinajstić information content (AvgIpc) is 3.30. The van der Waals surface area contributed by atoms with Gasteiger partial charge >= 0.3 is 6.03 Å². The van der Waals surface area contributed by atoms with E-state index in [0.717, 1.165) is 11.8 Å². The van der Waals surface area contributed by atoms with E-state index in [9.17, 15) is 18.8 Å². The monoisotopic (exact) mass is 468 g/mol. The second-order valence-corrected chi connectivity index (χ2v) is 9.01. The first-order valence-corrected chi connectivity index (χ1v) is 11.1. The number of amides is 3. The van der Waals surface area contributed by atoms with E-state index in [1.165, 1.54) is 10.6 Å². The van der Waals surface area contributed by atoms with Crippen molar-refractivity contribution in [2.24, 2.45) is 11.7 Å². The maximum atomic E-state index is 14.1. The Morgan fingerprint density at radius 3 is 2.67 bits per heavy atom. The summed E-state index contributed by atoms with van der Waals surface area (Å²) in [4.78, 5) is 39.7. The van der Waals surface area contributed by atoms with E-state index < -0.39 is 17.9 Å². The van der Waals surface area contributed by atoms with Crippen molar-refractivity contribution in [1.29, 1.82) is 0 Å². The summed E-state index contributed by atoms with van der Waals surface area (Å²) in [6, 6.07) is 10.7. The summed E-state index contributed by atoms with van der Waals surface area (Å²) in [6.45, 7) is -0.00874. The first kappa shape index (κ1) is 21.5. The van der Waals surface area contributed by atoms with Gasteiger partial charge in [-0.1, -0.05) is 41.9 Å². The quantitative estimate of drug-likeness (QED) is 0.601. The molecule has 3 N–H and O–H groups in total. The number of carbonyl (C=O) groups excluding carboxylic acids is 3. The van der Waals surface area contributed by atoms with Gasteiger partial charge in [-0.25, -0.2) is 9.18 Å². The van der Waals surface area contributed by atoms with E-state index in [2.05, 4.69) is 5.32 Å². The van der Waals surface area contributed by atoms with Gasteiger partial charge in [-0.3, -0.25) is 14.2 Å². The Bertz CT molecular complexity index is 1290. The number of primary amides is 1. The van der Waals surface area contributed by atoms with Crippen LogP contribution in [-0.2, 0) is 22.6 Å². The molecule has 5 rings (SSSR count). The van der Waals surface area contributed by atoms with Gasteiger partial charge in [-0.15, -0.1) is 0 Å². The first-order valence-electron chi connectivity index (χ1n) is 10.8. The number of nitrogens with zero attached hydrogens (tertiary/aromatic N) is 2. The molecule has 1 aliphatic heterocycles. The van der Waals surface area contributed by atoms with Crippen LogP contribution in [0.4, 0.5) is 9.18 Å². The third kappa shape index (κ3) is 3.84. The highest BCUT2D eigenvalue weighted by Gasteiger charge is 2.55. The average molecular weight is 469 g/mol. The number of rotatable bonds is 5. The molecule has 0 spiro atoms. The number of hydrogen-bond donors (Lipinski definition) is 2. The van der Waals surface area contributed by atoms with Crippen molar-refractivity contribution in [2.75, 3.05) is 0 Å². The highest BCUT2D eigenvalue weighted by atomic mass is 35.5. The summed E-state index contributed by atoms with van der Waals surface area (Å²) >= 11 is 5.81. The van der Waals surface area contributed by atoms with Crippen LogP contribution in [0.15, 0.2) is 48.7 Å². The number of fused-ring (bicyclic) bond motifs is 2. The zero-order valence-electron chi connectivity index (χ0n) is 17.6. The van der Waals surface area contributed by atoms with E-state index >= 15 is 0 Å². The third-order valence-electron chi connectivity index (χ3n) is 6.55. The molecule has 1 aliphatic carbocycles. The van der Waals surface area contributed by atoms with Crippen LogP contribution in [0.25, 0.3) is 10.9 Å². The van der Waals surface area contributed by atoms with Gasteiger partial charge in [-0.2, -0.15) is 0 Å². The number of piperidine rings is 1. The van der Waals surface area contributed by atoms with Crippen LogP contribution in [0.5, 0.6) is 0 Å². The van der Waals surface area contributed by atoms with E-state index in [4.69, 9.17) is 17.3 Å². The molecule has 2 aliphatic rings. The lowest BCUT2D eigenvalue weighted by molar-refractivity contribution is -0.139. The van der Waals surface area contributed by atoms with Gasteiger partial charge < -0.3 is 16.0 Å². The standard InChI is InChI=1S/C24H22ClFN4O3/c25-17-6-3-4-13(22(17)26)11-28-23(32)20-9-14-8-19(14)30(20)21(31)10-15-12-29(24(27)33)18-7-2-1-5-16(15)18/h1-7,12,14,19-20H,8-11H2,(H2,27,33)(H,28,32)/t14?,19?,20-/m0/s1. The Kier molecular flexibility index (Phi) is 5.32. The number of nitrogens with one attached hydrogen (secondary N) is 1. The normalized spacial score (nSPS) is 21.2. The van der Waals surface area contributed by atoms with Gasteiger partial charge in [0, 0.05) is 29.7 Å². The molecule has 170 valence electrons. The summed E-state index contributed by atoms with van der Waals surface area (Å²) < 4.78 is 15.5. The van der Waals surface area contributed by atoms with Crippen LogP contribution < -0.4 is 11.1 Å². The first-order chi connectivity index (χ1) is 15.8. The zero-order chi connectivity index (χ0) is 23.3. The van der Waals surface area contributed by atoms with Crippen molar-refractivity contribution in [1.82, 2.24) is 14.8 Å². The van der Waals surface area contributed by atoms with E-state index in [0.29, 0.717) is 23.4 Å². The minimum Gasteiger partial charge on any atom is -0.351 e. The number of carbonyl (C=O) groups is 3. The second-order valence-electron chi connectivity index (χ2n) is 8.60. The fourth-order valence-electron chi connectivity index (χ4n) is 4.86. The summed E-state index contributed by atoms with van der Waals surface area (Å²) in [5.41, 5.74) is 7.08. The van der Waals surface area contributed by atoms with Gasteiger partial charge in [0.05, 0.1) is 17.0 Å². The lowest BCUT2D eigenvalue weighted by Gasteiger charge is -2.27. The van der Waals surface area contributed by atoms with E-state index in [1.807, 2.05) is 12.1 Å². The lowest BCUT2D eigenvalue weighted by atomic mass is 10.1. The molecule has 2 unspecified atom stereocenters. The Morgan fingerprint density at radius 2 is 1.88 bits per heavy atom. The maximum absolute atomic E-state index is 14.1. The SMILES string of the molecule is NC(=O)n1cc(CC(=O)N2C3CC3C[C@H]2C(=O)NCc2cccc(Cl)c2F)c2ccccc21. The molecule has 1 aromatic heterocycles. The van der Waals surface area contributed by atoms with Crippen molar-refractivity contribution in [3.05, 3.63) is 70.6 Å². The van der Waals surface area contributed by atoms with Crippen LogP contribution in [-0.4, -0.2) is 39.4 Å². The van der Waals surface area contributed by atoms with Crippen molar-refractivity contribution in [2.45, 2.75) is 37.9 Å². The topological polar surface area (TPSA) is 97.4 Å². The third-order valence-corrected chi connectivity index (χ3v) is 6.85. The molecule has 7 nitrogen and oxygen atoms in total. The Balaban J connectivity index is 1.33. The number of para-hydroxylation sites is 1. The highest BCUT2D eigenvalue weighted by Crippen LogP contribution is 2.48. The predicted octanol–water partition coefficient (Wildman–Crippen LogP) is 3.21. The molecule has 2 fully saturated rings. The molecular weight excluding hydrogens is 447 g/mol. The second kappa shape index (κ2) is 8.19. The molecule has 1 saturated heterocycles. The minimum absolute atomic E-state index is 0.00390. The van der Waals surface area contributed by atoms with Gasteiger partial charge in [0.1, 0.15) is 11.9 Å². The number of likely N-dealkylation sites (tertiary alicyclic amines) is 1. The van der Waals surface area contributed by atoms with Crippen LogP contribution in [0, 0.1) is 11.7 Å². The van der Waals surface area contributed by atoms with Crippen LogP contribution in [0.3, 0.4) is 0 Å². The fourth-order valence-corrected chi connectivity index (χ4v) is 5.06. The van der Waals surface area contributed by atoms with Gasteiger partial charge in [-0.05, 0) is 36.5 Å². The number of halogens is 2. The number of hydrogen-bond acceptors (Lipinski definition) is 3. The van der Waals surface area contributed by atoms with Crippen molar-refractivity contribution in [3.8, 4) is 0 Å². The Morgan fingerprint density at radius 1 is 1.09 bits per heavy atom. The summed E-state index contributed by atoms with van der Waals surface area (Å²) in [5.74, 6) is -0.747. The predicted molar refractivity (Wildman–Crippen MR) is 121 cm³/mol. The van der Waals surface area contributed by atoms with Gasteiger partial charge in [0.2, 0.25) is 11.8 Å². The van der Waals surface area contributed by atoms with Gasteiger partial charge in [0.15, 0.2) is 0 Å². The van der Waals surface area contributed by atoms with Crippen LogP contribution in [0.1, 0.15) is 24.0 Å². The molecule has 1 saturated carbocycles.